The summed E-state index contributed by atoms with van der Waals surface area (Å²) < 4.78 is 12.4. The average Bonchev–Trinajstić information content (AvgIpc) is 2.68. The number of methoxy groups -OCH3 is 1. The summed E-state index contributed by atoms with van der Waals surface area (Å²) in [6.45, 7) is 9.78. The molecule has 2 aromatic carbocycles. The zero-order valence-corrected chi connectivity index (χ0v) is 21.0. The highest BCUT2D eigenvalue weighted by Gasteiger charge is 2.12. The molecule has 0 aromatic heterocycles. The Morgan fingerprint density at radius 1 is 1.03 bits per heavy atom. The number of halogens is 4. The van der Waals surface area contributed by atoms with Crippen molar-refractivity contribution in [1.82, 2.24) is 10.2 Å². The number of nitrogens with one attached hydrogen (secondary N) is 1. The van der Waals surface area contributed by atoms with Gasteiger partial charge in [-0.05, 0) is 64.4 Å². The van der Waals surface area contributed by atoms with Crippen molar-refractivity contribution in [1.29, 1.82) is 0 Å². The summed E-state index contributed by atoms with van der Waals surface area (Å²) in [4.78, 5) is 2.40. The fourth-order valence-corrected chi connectivity index (χ4v) is 3.49. The van der Waals surface area contributed by atoms with E-state index in [2.05, 4.69) is 46.1 Å². The Hall–Kier alpha value is -0.690. The van der Waals surface area contributed by atoms with E-state index in [1.807, 2.05) is 30.3 Å². The molecular weight excluding hydrogens is 499 g/mol. The van der Waals surface area contributed by atoms with Gasteiger partial charge in [0.05, 0.1) is 11.6 Å². The number of ether oxygens (including phenoxy) is 2. The van der Waals surface area contributed by atoms with Crippen LogP contribution >= 0.6 is 52.3 Å². The Balaban J connectivity index is 0.00000392. The minimum absolute atomic E-state index is 0. The molecule has 29 heavy (non-hydrogen) atoms. The topological polar surface area (TPSA) is 33.7 Å². The normalized spacial score (nSPS) is 10.3. The monoisotopic (exact) mass is 526 g/mol. The maximum Gasteiger partial charge on any atom is 0.175 e. The van der Waals surface area contributed by atoms with Crippen molar-refractivity contribution < 1.29 is 9.47 Å². The first kappa shape index (κ1) is 28.3. The molecule has 0 aliphatic heterocycles. The molecule has 0 atom stereocenters. The van der Waals surface area contributed by atoms with Crippen LogP contribution in [0.4, 0.5) is 0 Å². The summed E-state index contributed by atoms with van der Waals surface area (Å²) in [5.41, 5.74) is 2.20. The van der Waals surface area contributed by atoms with Crippen molar-refractivity contribution >= 4 is 52.3 Å². The lowest BCUT2D eigenvalue weighted by Crippen LogP contribution is -2.31. The van der Waals surface area contributed by atoms with Gasteiger partial charge in [0.15, 0.2) is 11.5 Å². The first-order valence-corrected chi connectivity index (χ1v) is 10.4. The van der Waals surface area contributed by atoms with Gasteiger partial charge >= 0.3 is 0 Å². The zero-order valence-electron chi connectivity index (χ0n) is 17.0. The fraction of sp³-hybridized carbons (Fsp3) is 0.429. The minimum Gasteiger partial charge on any atom is -0.493 e. The van der Waals surface area contributed by atoms with Crippen LogP contribution in [0.3, 0.4) is 0 Å². The van der Waals surface area contributed by atoms with Crippen molar-refractivity contribution in [2.45, 2.75) is 27.0 Å². The predicted octanol–water partition coefficient (Wildman–Crippen LogP) is 5.97. The number of hydrogen-bond donors (Lipinski definition) is 1. The van der Waals surface area contributed by atoms with Gasteiger partial charge in [0, 0.05) is 24.7 Å². The number of hydrogen-bond acceptors (Lipinski definition) is 4. The van der Waals surface area contributed by atoms with Gasteiger partial charge in [-0.3, -0.25) is 0 Å². The Morgan fingerprint density at radius 3 is 2.28 bits per heavy atom. The van der Waals surface area contributed by atoms with Crippen molar-refractivity contribution in [3.63, 3.8) is 0 Å². The Morgan fingerprint density at radius 2 is 1.69 bits per heavy atom. The first-order valence-electron chi connectivity index (χ1n) is 9.24. The molecule has 0 aliphatic rings. The van der Waals surface area contributed by atoms with E-state index in [1.165, 1.54) is 0 Å². The van der Waals surface area contributed by atoms with Crippen LogP contribution in [-0.2, 0) is 13.2 Å². The van der Waals surface area contributed by atoms with Crippen molar-refractivity contribution in [2.75, 3.05) is 33.3 Å². The van der Waals surface area contributed by atoms with Crippen LogP contribution in [0, 0.1) is 0 Å². The van der Waals surface area contributed by atoms with E-state index in [0.717, 1.165) is 59.1 Å². The van der Waals surface area contributed by atoms with Crippen LogP contribution in [-0.4, -0.2) is 38.2 Å². The Kier molecular flexibility index (Phi) is 14.8. The second-order valence-corrected chi connectivity index (χ2v) is 7.52. The summed E-state index contributed by atoms with van der Waals surface area (Å²) in [6, 6.07) is 11.7. The van der Waals surface area contributed by atoms with Gasteiger partial charge in [0.1, 0.15) is 6.61 Å². The molecule has 0 amide bonds. The highest BCUT2D eigenvalue weighted by molar-refractivity contribution is 9.10. The van der Waals surface area contributed by atoms with Gasteiger partial charge in [0.2, 0.25) is 0 Å². The van der Waals surface area contributed by atoms with E-state index in [4.69, 9.17) is 21.1 Å². The lowest BCUT2D eigenvalue weighted by Gasteiger charge is -2.18. The summed E-state index contributed by atoms with van der Waals surface area (Å²) >= 11 is 9.54. The fourth-order valence-electron chi connectivity index (χ4n) is 2.76. The van der Waals surface area contributed by atoms with Crippen LogP contribution in [0.5, 0.6) is 11.5 Å². The van der Waals surface area contributed by atoms with Crippen molar-refractivity contribution in [3.8, 4) is 11.5 Å². The lowest BCUT2D eigenvalue weighted by atomic mass is 10.2. The SMILES string of the molecule is CCN(CC)CCNCc1cc(Br)c(OCc2ccc(Cl)cc2)c(OC)c1.Cl.Cl. The lowest BCUT2D eigenvalue weighted by molar-refractivity contribution is 0.282. The van der Waals surface area contributed by atoms with Gasteiger partial charge in [-0.2, -0.15) is 0 Å². The van der Waals surface area contributed by atoms with Crippen molar-refractivity contribution in [2.24, 2.45) is 0 Å². The number of likely N-dealkylation sites (N-methyl/N-ethyl adjacent to an activating group) is 1. The maximum absolute atomic E-state index is 5.98. The van der Waals surface area contributed by atoms with Crippen LogP contribution < -0.4 is 14.8 Å². The second kappa shape index (κ2) is 15.2. The molecule has 0 radical (unpaired) electrons. The van der Waals surface area contributed by atoms with E-state index in [9.17, 15) is 0 Å². The third-order valence-electron chi connectivity index (χ3n) is 4.41. The Labute approximate surface area is 200 Å². The third-order valence-corrected chi connectivity index (χ3v) is 5.26. The van der Waals surface area contributed by atoms with Gasteiger partial charge in [0.25, 0.3) is 0 Å². The second-order valence-electron chi connectivity index (χ2n) is 6.23. The molecule has 0 aliphatic carbocycles. The highest BCUT2D eigenvalue weighted by atomic mass is 79.9. The molecule has 0 unspecified atom stereocenters. The minimum atomic E-state index is 0. The van der Waals surface area contributed by atoms with Gasteiger partial charge < -0.3 is 19.7 Å². The molecule has 0 fully saturated rings. The highest BCUT2D eigenvalue weighted by Crippen LogP contribution is 2.37. The zero-order chi connectivity index (χ0) is 19.6. The van der Waals surface area contributed by atoms with E-state index in [1.54, 1.807) is 7.11 Å². The van der Waals surface area contributed by atoms with Gasteiger partial charge in [-0.15, -0.1) is 24.8 Å². The van der Waals surface area contributed by atoms with E-state index in [-0.39, 0.29) is 24.8 Å². The first-order chi connectivity index (χ1) is 13.1. The summed E-state index contributed by atoms with van der Waals surface area (Å²) in [6.07, 6.45) is 0. The predicted molar refractivity (Wildman–Crippen MR) is 130 cm³/mol. The summed E-state index contributed by atoms with van der Waals surface area (Å²) in [7, 11) is 1.66. The summed E-state index contributed by atoms with van der Waals surface area (Å²) in [5, 5.41) is 4.21. The molecule has 0 heterocycles. The largest absolute Gasteiger partial charge is 0.493 e. The van der Waals surface area contributed by atoms with Crippen LogP contribution in [0.15, 0.2) is 40.9 Å². The quantitative estimate of drug-likeness (QED) is 0.365. The molecule has 8 heteroatoms. The smallest absolute Gasteiger partial charge is 0.175 e. The van der Waals surface area contributed by atoms with E-state index in [0.29, 0.717) is 12.4 Å². The van der Waals surface area contributed by atoms with Gasteiger partial charge in [-0.25, -0.2) is 0 Å². The molecule has 1 N–H and O–H groups in total. The van der Waals surface area contributed by atoms with E-state index < -0.39 is 0 Å². The molecule has 0 saturated carbocycles. The maximum atomic E-state index is 5.98. The third kappa shape index (κ3) is 9.33. The molecule has 4 nitrogen and oxygen atoms in total. The van der Waals surface area contributed by atoms with E-state index >= 15 is 0 Å². The number of rotatable bonds is 11. The van der Waals surface area contributed by atoms with Crippen LogP contribution in [0.2, 0.25) is 5.02 Å². The van der Waals surface area contributed by atoms with Crippen LogP contribution in [0.1, 0.15) is 25.0 Å². The molecule has 2 rings (SSSR count). The van der Waals surface area contributed by atoms with Crippen LogP contribution in [0.25, 0.3) is 0 Å². The number of benzene rings is 2. The molecular formula is C21H30BrCl3N2O2. The number of nitrogens with zero attached hydrogens (tertiary/aromatic N) is 1. The van der Waals surface area contributed by atoms with Gasteiger partial charge in [-0.1, -0.05) is 37.6 Å². The average molecular weight is 529 g/mol. The van der Waals surface area contributed by atoms with Crippen molar-refractivity contribution in [3.05, 3.63) is 57.0 Å². The Bertz CT molecular complexity index is 714. The molecule has 0 saturated heterocycles. The molecule has 2 aromatic rings. The molecule has 0 spiro atoms. The molecule has 164 valence electrons. The standard InChI is InChI=1S/C21H28BrClN2O2.2ClH/c1-4-25(5-2)11-10-24-14-17-12-19(22)21(20(13-17)26-3)27-15-16-6-8-18(23)9-7-16;;/h6-9,12-13,24H,4-5,10-11,14-15H2,1-3H3;2*1H. The summed E-state index contributed by atoms with van der Waals surface area (Å²) in [5.74, 6) is 1.43. The molecule has 0 bridgehead atoms.